The minimum absolute atomic E-state index is 0.0413. The van der Waals surface area contributed by atoms with Crippen molar-refractivity contribution in [1.82, 2.24) is 25.0 Å². The van der Waals surface area contributed by atoms with Crippen LogP contribution in [0.15, 0.2) is 45.9 Å². The third-order valence-electron chi connectivity index (χ3n) is 7.39. The van der Waals surface area contributed by atoms with Crippen molar-refractivity contribution in [2.75, 3.05) is 13.1 Å². The molecule has 1 fully saturated rings. The molecule has 1 aromatic carbocycles. The Morgan fingerprint density at radius 3 is 2.55 bits per heavy atom. The molecule has 4 rings (SSSR count). The van der Waals surface area contributed by atoms with Gasteiger partial charge in [-0.2, -0.15) is 5.10 Å². The summed E-state index contributed by atoms with van der Waals surface area (Å²) in [6.45, 7) is 11.8. The van der Waals surface area contributed by atoms with Crippen molar-refractivity contribution < 1.29 is 27.5 Å². The van der Waals surface area contributed by atoms with Gasteiger partial charge in [0, 0.05) is 37.5 Å². The molecule has 14 heteroatoms. The summed E-state index contributed by atoms with van der Waals surface area (Å²) in [5.74, 6) is -0.265. The monoisotopic (exact) mass is 605 g/mol. The number of carbonyl (C=O) groups excluding carboxylic acids is 1. The molecule has 2 N–H and O–H groups in total. The molecular weight excluding hydrogens is 571 g/mol. The number of amides is 2. The number of nitrogens with one attached hydrogen (secondary N) is 1. The van der Waals surface area contributed by atoms with Crippen LogP contribution in [0.4, 0.5) is 4.79 Å². The molecule has 0 spiro atoms. The minimum Gasteiger partial charge on any atom is -0.465 e. The van der Waals surface area contributed by atoms with Crippen LogP contribution in [0, 0.1) is 0 Å². The van der Waals surface area contributed by atoms with Crippen molar-refractivity contribution in [3.63, 3.8) is 0 Å². The Hall–Kier alpha value is -3.07. The number of benzene rings is 1. The quantitative estimate of drug-likeness (QED) is 0.360. The Bertz CT molecular complexity index is 1530. The zero-order chi connectivity index (χ0) is 29.5. The summed E-state index contributed by atoms with van der Waals surface area (Å²) >= 11 is 0.880. The molecule has 0 aliphatic carbocycles. The van der Waals surface area contributed by atoms with Crippen molar-refractivity contribution in [2.45, 2.75) is 67.1 Å². The second kappa shape index (κ2) is 11.1. The first-order valence-corrected chi connectivity index (χ1v) is 18.1. The lowest BCUT2D eigenvalue weighted by molar-refractivity contribution is 0.0768. The number of carboxylic acid groups (broad SMARTS) is 1. The standard InChI is InChI=1S/C26H35N5O6S2Si/c1-26(2,3)40(5,6)37-20-7-8-31(16-20)24(32)18-9-17(19-12-29-30(4)15-19)10-21(11-18)39(35,36)23-14-27-22(38-23)13-28-25(33)34/h9-12,14-15,20,28H,7-8,13,16H2,1-6H3,(H,33,34). The first-order chi connectivity index (χ1) is 18.6. The fraction of sp³-hybridized carbons (Fsp3) is 0.462. The first kappa shape index (κ1) is 29.9. The topological polar surface area (TPSA) is 144 Å². The fourth-order valence-electron chi connectivity index (χ4n) is 4.17. The first-order valence-electron chi connectivity index (χ1n) is 12.8. The molecule has 216 valence electrons. The molecule has 3 heterocycles. The highest BCUT2D eigenvalue weighted by Crippen LogP contribution is 2.38. The maximum Gasteiger partial charge on any atom is 0.405 e. The summed E-state index contributed by atoms with van der Waals surface area (Å²) in [6, 6.07) is 4.61. The van der Waals surface area contributed by atoms with Crippen LogP contribution in [0.2, 0.25) is 18.1 Å². The van der Waals surface area contributed by atoms with Crippen LogP contribution in [0.1, 0.15) is 42.6 Å². The number of likely N-dealkylation sites (tertiary alicyclic amines) is 1. The van der Waals surface area contributed by atoms with Gasteiger partial charge < -0.3 is 19.7 Å². The number of thiazole rings is 1. The van der Waals surface area contributed by atoms with Crippen LogP contribution in [-0.4, -0.2) is 72.7 Å². The Balaban J connectivity index is 1.65. The predicted octanol–water partition coefficient (Wildman–Crippen LogP) is 4.38. The number of nitrogens with zero attached hydrogens (tertiary/aromatic N) is 4. The van der Waals surface area contributed by atoms with E-state index in [9.17, 15) is 18.0 Å². The van der Waals surface area contributed by atoms with Gasteiger partial charge in [0.2, 0.25) is 9.84 Å². The molecule has 1 saturated heterocycles. The molecule has 0 radical (unpaired) electrons. The van der Waals surface area contributed by atoms with E-state index in [0.29, 0.717) is 29.2 Å². The highest BCUT2D eigenvalue weighted by atomic mass is 32.2. The molecule has 2 amide bonds. The summed E-state index contributed by atoms with van der Waals surface area (Å²) in [7, 11) is -4.30. The van der Waals surface area contributed by atoms with Gasteiger partial charge in [0.1, 0.15) is 9.22 Å². The van der Waals surface area contributed by atoms with Crippen LogP contribution in [0.5, 0.6) is 0 Å². The van der Waals surface area contributed by atoms with E-state index in [0.717, 1.165) is 17.8 Å². The number of aromatic nitrogens is 3. The normalized spacial score (nSPS) is 16.4. The Morgan fingerprint density at radius 1 is 1.20 bits per heavy atom. The molecule has 1 unspecified atom stereocenters. The lowest BCUT2D eigenvalue weighted by atomic mass is 10.1. The zero-order valence-electron chi connectivity index (χ0n) is 23.5. The van der Waals surface area contributed by atoms with E-state index in [4.69, 9.17) is 9.53 Å². The van der Waals surface area contributed by atoms with Crippen LogP contribution in [0.25, 0.3) is 11.1 Å². The maximum atomic E-state index is 13.7. The molecule has 2 aromatic heterocycles. The van der Waals surface area contributed by atoms with Gasteiger partial charge in [0.05, 0.1) is 29.9 Å². The van der Waals surface area contributed by atoms with Gasteiger partial charge in [0.15, 0.2) is 8.32 Å². The van der Waals surface area contributed by atoms with Crippen LogP contribution in [0.3, 0.4) is 0 Å². The number of aryl methyl sites for hydroxylation is 1. The third-order valence-corrected chi connectivity index (χ3v) is 15.1. The molecule has 40 heavy (non-hydrogen) atoms. The minimum atomic E-state index is -4.05. The Labute approximate surface area is 239 Å². The van der Waals surface area contributed by atoms with Crippen molar-refractivity contribution in [2.24, 2.45) is 7.05 Å². The molecule has 0 bridgehead atoms. The van der Waals surface area contributed by atoms with E-state index >= 15 is 0 Å². The van der Waals surface area contributed by atoms with E-state index < -0.39 is 24.2 Å². The molecule has 0 saturated carbocycles. The van der Waals surface area contributed by atoms with Crippen molar-refractivity contribution in [3.05, 3.63) is 47.4 Å². The average Bonchev–Trinajstić information content (AvgIpc) is 3.62. The van der Waals surface area contributed by atoms with E-state index in [1.54, 1.807) is 35.1 Å². The van der Waals surface area contributed by atoms with Crippen LogP contribution < -0.4 is 5.32 Å². The molecule has 1 atom stereocenters. The molecule has 1 aliphatic rings. The second-order valence-corrected chi connectivity index (χ2v) is 19.5. The highest BCUT2D eigenvalue weighted by Gasteiger charge is 2.41. The van der Waals surface area contributed by atoms with Crippen molar-refractivity contribution in [3.8, 4) is 11.1 Å². The average molecular weight is 606 g/mol. The number of rotatable bonds is 8. The van der Waals surface area contributed by atoms with Gasteiger partial charge in [-0.3, -0.25) is 9.48 Å². The number of hydrogen-bond acceptors (Lipinski definition) is 8. The molecular formula is C26H35N5O6S2Si. The van der Waals surface area contributed by atoms with E-state index in [-0.39, 0.29) is 38.3 Å². The number of sulfone groups is 1. The summed E-state index contributed by atoms with van der Waals surface area (Å²) < 4.78 is 35.4. The van der Waals surface area contributed by atoms with E-state index in [1.807, 2.05) is 0 Å². The SMILES string of the molecule is Cn1cc(-c2cc(C(=O)N3CCC(O[Si](C)(C)C(C)(C)C)C3)cc(S(=O)(=O)c3cnc(CNC(=O)O)s3)c2)cn1. The lowest BCUT2D eigenvalue weighted by Gasteiger charge is -2.38. The van der Waals surface area contributed by atoms with Crippen LogP contribution in [-0.2, 0) is 27.9 Å². The Kier molecular flexibility index (Phi) is 8.27. The summed E-state index contributed by atoms with van der Waals surface area (Å²) in [5.41, 5.74) is 1.47. The summed E-state index contributed by atoms with van der Waals surface area (Å²) in [5, 5.41) is 15.6. The maximum absolute atomic E-state index is 13.7. The molecule has 3 aromatic rings. The van der Waals surface area contributed by atoms with Gasteiger partial charge in [-0.25, -0.2) is 18.2 Å². The van der Waals surface area contributed by atoms with Crippen LogP contribution >= 0.6 is 11.3 Å². The summed E-state index contributed by atoms with van der Waals surface area (Å²) in [4.78, 5) is 30.2. The largest absolute Gasteiger partial charge is 0.465 e. The smallest absolute Gasteiger partial charge is 0.405 e. The van der Waals surface area contributed by atoms with Gasteiger partial charge in [-0.1, -0.05) is 20.8 Å². The molecule has 1 aliphatic heterocycles. The third kappa shape index (κ3) is 6.45. The Morgan fingerprint density at radius 2 is 1.93 bits per heavy atom. The number of hydrogen-bond donors (Lipinski definition) is 2. The lowest BCUT2D eigenvalue weighted by Crippen LogP contribution is -2.44. The van der Waals surface area contributed by atoms with Gasteiger partial charge in [0.25, 0.3) is 5.91 Å². The summed E-state index contributed by atoms with van der Waals surface area (Å²) in [6.07, 6.45) is 4.00. The van der Waals surface area contributed by atoms with E-state index in [1.165, 1.54) is 18.3 Å². The van der Waals surface area contributed by atoms with Crippen molar-refractivity contribution in [1.29, 1.82) is 0 Å². The van der Waals surface area contributed by atoms with E-state index in [2.05, 4.69) is 49.3 Å². The number of carbonyl (C=O) groups is 2. The molecule has 11 nitrogen and oxygen atoms in total. The van der Waals surface area contributed by atoms with Gasteiger partial charge >= 0.3 is 6.09 Å². The van der Waals surface area contributed by atoms with Gasteiger partial charge in [-0.15, -0.1) is 11.3 Å². The van der Waals surface area contributed by atoms with Gasteiger partial charge in [-0.05, 0) is 48.3 Å². The van der Waals surface area contributed by atoms with Crippen molar-refractivity contribution >= 4 is 41.5 Å². The zero-order valence-corrected chi connectivity index (χ0v) is 26.1. The highest BCUT2D eigenvalue weighted by molar-refractivity contribution is 7.93. The second-order valence-electron chi connectivity index (χ2n) is 11.4. The predicted molar refractivity (Wildman–Crippen MR) is 154 cm³/mol. The fourth-order valence-corrected chi connectivity index (χ4v) is 8.14.